The molecule has 0 bridgehead atoms. The van der Waals surface area contributed by atoms with E-state index in [0.29, 0.717) is 6.42 Å². The fraction of sp³-hybridized carbons (Fsp3) is 0.900. The lowest BCUT2D eigenvalue weighted by atomic mass is 9.92. The monoisotopic (exact) mass is 203 g/mol. The lowest BCUT2D eigenvalue weighted by molar-refractivity contribution is -0.145. The van der Waals surface area contributed by atoms with E-state index in [2.05, 4.69) is 5.32 Å². The van der Waals surface area contributed by atoms with Crippen molar-refractivity contribution in [3.05, 3.63) is 0 Å². The Hall–Kier alpha value is -0.610. The van der Waals surface area contributed by atoms with Gasteiger partial charge in [0.2, 0.25) is 0 Å². The quantitative estimate of drug-likeness (QED) is 0.602. The molecule has 0 aliphatic rings. The molecule has 0 saturated heterocycles. The van der Waals surface area contributed by atoms with Crippen LogP contribution in [-0.4, -0.2) is 33.9 Å². The number of aliphatic hydroxyl groups excluding tert-OH is 1. The van der Waals surface area contributed by atoms with E-state index in [1.165, 1.54) is 0 Å². The second-order valence-electron chi connectivity index (χ2n) is 4.55. The Bertz CT molecular complexity index is 204. The van der Waals surface area contributed by atoms with E-state index in [9.17, 15) is 4.79 Å². The zero-order chi connectivity index (χ0) is 11.4. The number of hydrogen-bond acceptors (Lipinski definition) is 3. The minimum absolute atomic E-state index is 0.0837. The molecule has 0 aromatic rings. The number of hydrogen-bond donors (Lipinski definition) is 3. The van der Waals surface area contributed by atoms with Gasteiger partial charge in [-0.05, 0) is 27.2 Å². The van der Waals surface area contributed by atoms with Crippen LogP contribution in [0, 0.1) is 0 Å². The second kappa shape index (κ2) is 4.75. The lowest BCUT2D eigenvalue weighted by Gasteiger charge is -2.35. The van der Waals surface area contributed by atoms with Gasteiger partial charge in [0.1, 0.15) is 5.54 Å². The fourth-order valence-electron chi connectivity index (χ4n) is 1.51. The van der Waals surface area contributed by atoms with Gasteiger partial charge in [0.25, 0.3) is 0 Å². The summed E-state index contributed by atoms with van der Waals surface area (Å²) < 4.78 is 0. The predicted octanol–water partition coefficient (Wildman–Crippen LogP) is 0.990. The molecule has 0 fully saturated rings. The summed E-state index contributed by atoms with van der Waals surface area (Å²) in [6.45, 7) is 7.07. The molecule has 4 heteroatoms. The van der Waals surface area contributed by atoms with E-state index in [1.54, 1.807) is 20.8 Å². The Morgan fingerprint density at radius 3 is 2.14 bits per heavy atom. The van der Waals surface area contributed by atoms with Crippen LogP contribution in [0.4, 0.5) is 0 Å². The summed E-state index contributed by atoms with van der Waals surface area (Å²) in [6, 6.07) is 0. The average Bonchev–Trinajstić information content (AvgIpc) is 2.03. The first-order valence-electron chi connectivity index (χ1n) is 4.91. The molecular formula is C10H21NO3. The molecule has 3 N–H and O–H groups in total. The molecule has 0 aliphatic carbocycles. The summed E-state index contributed by atoms with van der Waals surface area (Å²) >= 11 is 0. The van der Waals surface area contributed by atoms with Crippen molar-refractivity contribution < 1.29 is 15.0 Å². The number of rotatable bonds is 6. The maximum Gasteiger partial charge on any atom is 0.323 e. The molecule has 84 valence electrons. The zero-order valence-electron chi connectivity index (χ0n) is 9.42. The molecule has 0 aromatic heterocycles. The van der Waals surface area contributed by atoms with E-state index in [0.717, 1.165) is 6.42 Å². The summed E-state index contributed by atoms with van der Waals surface area (Å²) in [6.07, 6.45) is 1.34. The van der Waals surface area contributed by atoms with E-state index in [1.807, 2.05) is 6.92 Å². The molecule has 0 amide bonds. The van der Waals surface area contributed by atoms with Crippen molar-refractivity contribution in [3.63, 3.8) is 0 Å². The van der Waals surface area contributed by atoms with Crippen LogP contribution < -0.4 is 5.32 Å². The van der Waals surface area contributed by atoms with Crippen LogP contribution in [-0.2, 0) is 4.79 Å². The van der Waals surface area contributed by atoms with Gasteiger partial charge in [-0.1, -0.05) is 13.3 Å². The fourth-order valence-corrected chi connectivity index (χ4v) is 1.51. The molecule has 0 aliphatic heterocycles. The molecular weight excluding hydrogens is 182 g/mol. The van der Waals surface area contributed by atoms with Crippen LogP contribution in [0.15, 0.2) is 0 Å². The van der Waals surface area contributed by atoms with Crippen LogP contribution in [0.1, 0.15) is 40.5 Å². The summed E-state index contributed by atoms with van der Waals surface area (Å²) in [7, 11) is 0. The zero-order valence-corrected chi connectivity index (χ0v) is 9.42. The van der Waals surface area contributed by atoms with Crippen molar-refractivity contribution in [3.8, 4) is 0 Å². The molecule has 0 heterocycles. The standard InChI is InChI=1S/C10H21NO3/c1-5-6-10(4,8(13)14)11-9(2,3)7-12/h11-12H,5-7H2,1-4H3,(H,13,14). The van der Waals surface area contributed by atoms with Crippen LogP contribution >= 0.6 is 0 Å². The van der Waals surface area contributed by atoms with Crippen molar-refractivity contribution in [1.29, 1.82) is 0 Å². The van der Waals surface area contributed by atoms with Crippen molar-refractivity contribution >= 4 is 5.97 Å². The van der Waals surface area contributed by atoms with Gasteiger partial charge in [0.15, 0.2) is 0 Å². The van der Waals surface area contributed by atoms with Gasteiger partial charge in [0.05, 0.1) is 6.61 Å². The van der Waals surface area contributed by atoms with Crippen LogP contribution in [0.3, 0.4) is 0 Å². The predicted molar refractivity (Wildman–Crippen MR) is 55.2 cm³/mol. The van der Waals surface area contributed by atoms with Gasteiger partial charge in [0, 0.05) is 5.54 Å². The van der Waals surface area contributed by atoms with Gasteiger partial charge in [-0.25, -0.2) is 0 Å². The van der Waals surface area contributed by atoms with E-state index in [4.69, 9.17) is 10.2 Å². The minimum atomic E-state index is -0.957. The largest absolute Gasteiger partial charge is 0.480 e. The number of aliphatic hydroxyl groups is 1. The van der Waals surface area contributed by atoms with Gasteiger partial charge in [-0.3, -0.25) is 10.1 Å². The van der Waals surface area contributed by atoms with Gasteiger partial charge >= 0.3 is 5.97 Å². The number of nitrogens with one attached hydrogen (secondary N) is 1. The number of aliphatic carboxylic acids is 1. The minimum Gasteiger partial charge on any atom is -0.480 e. The SMILES string of the molecule is CCCC(C)(NC(C)(C)CO)C(=O)O. The Morgan fingerprint density at radius 2 is 1.86 bits per heavy atom. The molecule has 1 unspecified atom stereocenters. The summed E-state index contributed by atoms with van der Waals surface area (Å²) in [5.41, 5.74) is -1.52. The maximum atomic E-state index is 11.1. The first-order valence-corrected chi connectivity index (χ1v) is 4.91. The molecule has 14 heavy (non-hydrogen) atoms. The third-order valence-corrected chi connectivity index (χ3v) is 2.23. The molecule has 0 saturated carbocycles. The van der Waals surface area contributed by atoms with Crippen molar-refractivity contribution in [1.82, 2.24) is 5.32 Å². The van der Waals surface area contributed by atoms with E-state index >= 15 is 0 Å². The molecule has 0 rings (SSSR count). The van der Waals surface area contributed by atoms with Crippen LogP contribution in [0.5, 0.6) is 0 Å². The lowest BCUT2D eigenvalue weighted by Crippen LogP contribution is -2.59. The van der Waals surface area contributed by atoms with Gasteiger partial charge < -0.3 is 10.2 Å². The summed E-state index contributed by atoms with van der Waals surface area (Å²) in [4.78, 5) is 11.1. The molecule has 4 nitrogen and oxygen atoms in total. The van der Waals surface area contributed by atoms with Gasteiger partial charge in [-0.15, -0.1) is 0 Å². The topological polar surface area (TPSA) is 69.6 Å². The third kappa shape index (κ3) is 3.64. The highest BCUT2D eigenvalue weighted by atomic mass is 16.4. The normalized spacial score (nSPS) is 16.4. The van der Waals surface area contributed by atoms with Crippen LogP contribution in [0.25, 0.3) is 0 Å². The van der Waals surface area contributed by atoms with Crippen molar-refractivity contribution in [2.45, 2.75) is 51.6 Å². The van der Waals surface area contributed by atoms with Crippen molar-refractivity contribution in [2.75, 3.05) is 6.61 Å². The number of carboxylic acids is 1. The second-order valence-corrected chi connectivity index (χ2v) is 4.55. The Balaban J connectivity index is 4.60. The number of carboxylic acid groups (broad SMARTS) is 1. The summed E-state index contributed by atoms with van der Waals surface area (Å²) in [5, 5.41) is 21.1. The Kier molecular flexibility index (Phi) is 4.55. The highest BCUT2D eigenvalue weighted by molar-refractivity contribution is 5.78. The van der Waals surface area contributed by atoms with Crippen molar-refractivity contribution in [2.24, 2.45) is 0 Å². The molecule has 1 atom stereocenters. The Morgan fingerprint density at radius 1 is 1.36 bits per heavy atom. The molecule has 0 aromatic carbocycles. The molecule has 0 radical (unpaired) electrons. The first kappa shape index (κ1) is 13.4. The van der Waals surface area contributed by atoms with E-state index < -0.39 is 17.0 Å². The Labute approximate surface area is 85.3 Å². The summed E-state index contributed by atoms with van der Waals surface area (Å²) in [5.74, 6) is -0.874. The third-order valence-electron chi connectivity index (χ3n) is 2.23. The highest BCUT2D eigenvalue weighted by Gasteiger charge is 2.36. The first-order chi connectivity index (χ1) is 6.27. The van der Waals surface area contributed by atoms with Crippen LogP contribution in [0.2, 0.25) is 0 Å². The maximum absolute atomic E-state index is 11.1. The number of carbonyl (C=O) groups is 1. The highest BCUT2D eigenvalue weighted by Crippen LogP contribution is 2.17. The smallest absolute Gasteiger partial charge is 0.323 e. The van der Waals surface area contributed by atoms with Gasteiger partial charge in [-0.2, -0.15) is 0 Å². The molecule has 0 spiro atoms. The average molecular weight is 203 g/mol. The van der Waals surface area contributed by atoms with E-state index in [-0.39, 0.29) is 6.61 Å².